The van der Waals surface area contributed by atoms with E-state index < -0.39 is 6.17 Å². The third-order valence-electron chi connectivity index (χ3n) is 2.28. The lowest BCUT2D eigenvalue weighted by molar-refractivity contribution is 0.354. The van der Waals surface area contributed by atoms with Crippen molar-refractivity contribution >= 4 is 0 Å². The highest BCUT2D eigenvalue weighted by atomic mass is 19.1. The van der Waals surface area contributed by atoms with E-state index in [1.165, 1.54) is 6.20 Å². The van der Waals surface area contributed by atoms with Crippen LogP contribution in [0.4, 0.5) is 4.39 Å². The maximum atomic E-state index is 13.5. The summed E-state index contributed by atoms with van der Waals surface area (Å²) in [7, 11) is 0. The zero-order valence-electron chi connectivity index (χ0n) is 8.15. The van der Waals surface area contributed by atoms with E-state index in [1.807, 2.05) is 30.3 Å². The van der Waals surface area contributed by atoms with Crippen LogP contribution in [-0.4, -0.2) is 16.7 Å². The molecule has 2 rings (SSSR count). The molecule has 3 N–H and O–H groups in total. The summed E-state index contributed by atoms with van der Waals surface area (Å²) in [6, 6.07) is 9.52. The number of nitrogens with one attached hydrogen (secondary N) is 1. The third-order valence-corrected chi connectivity index (χ3v) is 2.28. The van der Waals surface area contributed by atoms with Crippen LogP contribution in [0.25, 0.3) is 11.3 Å². The van der Waals surface area contributed by atoms with Gasteiger partial charge in [0.1, 0.15) is 6.17 Å². The Kier molecular flexibility index (Phi) is 2.78. The highest BCUT2D eigenvalue weighted by Gasteiger charge is 2.15. The molecule has 0 saturated heterocycles. The Balaban J connectivity index is 2.41. The standard InChI is InChI=1S/C11H12FN3/c12-10(6-13)9-7-14-15-11(9)8-4-2-1-3-5-8/h1-5,7,10H,6,13H2,(H,14,15). The molecule has 0 radical (unpaired) electrons. The zero-order chi connectivity index (χ0) is 10.7. The van der Waals surface area contributed by atoms with Crippen molar-refractivity contribution in [3.8, 4) is 11.3 Å². The van der Waals surface area contributed by atoms with E-state index in [9.17, 15) is 4.39 Å². The number of aromatic amines is 1. The van der Waals surface area contributed by atoms with Gasteiger partial charge in [0, 0.05) is 12.1 Å². The molecule has 1 atom stereocenters. The zero-order valence-corrected chi connectivity index (χ0v) is 8.15. The third kappa shape index (κ3) is 1.89. The second kappa shape index (κ2) is 4.23. The lowest BCUT2D eigenvalue weighted by Gasteiger charge is -2.05. The molecule has 78 valence electrons. The van der Waals surface area contributed by atoms with Crippen molar-refractivity contribution in [2.75, 3.05) is 6.54 Å². The number of nitrogens with two attached hydrogens (primary N) is 1. The van der Waals surface area contributed by atoms with Crippen molar-refractivity contribution in [2.45, 2.75) is 6.17 Å². The van der Waals surface area contributed by atoms with Crippen molar-refractivity contribution in [2.24, 2.45) is 5.73 Å². The Hall–Kier alpha value is -1.68. The predicted octanol–water partition coefficient (Wildman–Crippen LogP) is 2.05. The molecular weight excluding hydrogens is 193 g/mol. The van der Waals surface area contributed by atoms with Crippen LogP contribution in [0, 0.1) is 0 Å². The maximum Gasteiger partial charge on any atom is 0.141 e. The number of rotatable bonds is 3. The first kappa shape index (κ1) is 9.86. The average Bonchev–Trinajstić information content (AvgIpc) is 2.78. The Morgan fingerprint density at radius 3 is 2.73 bits per heavy atom. The molecule has 4 heteroatoms. The lowest BCUT2D eigenvalue weighted by Crippen LogP contribution is -2.07. The van der Waals surface area contributed by atoms with Gasteiger partial charge in [0.2, 0.25) is 0 Å². The largest absolute Gasteiger partial charge is 0.327 e. The summed E-state index contributed by atoms with van der Waals surface area (Å²) < 4.78 is 13.5. The van der Waals surface area contributed by atoms with Crippen LogP contribution in [0.3, 0.4) is 0 Å². The van der Waals surface area contributed by atoms with Crippen molar-refractivity contribution in [1.29, 1.82) is 0 Å². The normalized spacial score (nSPS) is 12.7. The van der Waals surface area contributed by atoms with Gasteiger partial charge in [0.15, 0.2) is 0 Å². The van der Waals surface area contributed by atoms with E-state index >= 15 is 0 Å². The van der Waals surface area contributed by atoms with Crippen LogP contribution in [-0.2, 0) is 0 Å². The molecule has 1 aromatic carbocycles. The molecule has 0 aliphatic rings. The number of halogens is 1. The molecule has 15 heavy (non-hydrogen) atoms. The van der Waals surface area contributed by atoms with E-state index in [-0.39, 0.29) is 6.54 Å². The molecule has 2 aromatic rings. The molecular formula is C11H12FN3. The van der Waals surface area contributed by atoms with Crippen LogP contribution in [0.15, 0.2) is 36.5 Å². The topological polar surface area (TPSA) is 54.7 Å². The van der Waals surface area contributed by atoms with E-state index in [2.05, 4.69) is 10.2 Å². The van der Waals surface area contributed by atoms with Crippen LogP contribution >= 0.6 is 0 Å². The van der Waals surface area contributed by atoms with E-state index in [4.69, 9.17) is 5.73 Å². The van der Waals surface area contributed by atoms with E-state index in [0.717, 1.165) is 5.56 Å². The number of hydrogen-bond acceptors (Lipinski definition) is 2. The van der Waals surface area contributed by atoms with Gasteiger partial charge >= 0.3 is 0 Å². The van der Waals surface area contributed by atoms with Crippen molar-refractivity contribution in [3.05, 3.63) is 42.1 Å². The molecule has 0 spiro atoms. The average molecular weight is 205 g/mol. The Morgan fingerprint density at radius 2 is 2.07 bits per heavy atom. The van der Waals surface area contributed by atoms with Gasteiger partial charge in [-0.3, -0.25) is 5.10 Å². The smallest absolute Gasteiger partial charge is 0.141 e. The molecule has 0 saturated carbocycles. The first-order valence-electron chi connectivity index (χ1n) is 4.75. The number of alkyl halides is 1. The summed E-state index contributed by atoms with van der Waals surface area (Å²) in [5.41, 5.74) is 7.43. The minimum atomic E-state index is -1.17. The predicted molar refractivity (Wildman–Crippen MR) is 56.9 cm³/mol. The molecule has 1 heterocycles. The summed E-state index contributed by atoms with van der Waals surface area (Å²) in [5, 5.41) is 6.64. The number of benzene rings is 1. The van der Waals surface area contributed by atoms with Gasteiger partial charge in [-0.2, -0.15) is 5.10 Å². The fourth-order valence-corrected chi connectivity index (χ4v) is 1.50. The van der Waals surface area contributed by atoms with Crippen LogP contribution < -0.4 is 5.73 Å². The number of H-pyrrole nitrogens is 1. The quantitative estimate of drug-likeness (QED) is 0.805. The first-order chi connectivity index (χ1) is 7.33. The molecule has 0 aliphatic heterocycles. The lowest BCUT2D eigenvalue weighted by atomic mass is 10.1. The summed E-state index contributed by atoms with van der Waals surface area (Å²) in [4.78, 5) is 0. The minimum absolute atomic E-state index is 0.0284. The monoisotopic (exact) mass is 205 g/mol. The Morgan fingerprint density at radius 1 is 1.33 bits per heavy atom. The fraction of sp³-hybridized carbons (Fsp3) is 0.182. The molecule has 0 aliphatic carbocycles. The van der Waals surface area contributed by atoms with Gasteiger partial charge in [-0.1, -0.05) is 30.3 Å². The maximum absolute atomic E-state index is 13.5. The molecule has 1 unspecified atom stereocenters. The Labute approximate surface area is 87.1 Å². The van der Waals surface area contributed by atoms with Crippen LogP contribution in [0.2, 0.25) is 0 Å². The minimum Gasteiger partial charge on any atom is -0.327 e. The van der Waals surface area contributed by atoms with Crippen LogP contribution in [0.1, 0.15) is 11.7 Å². The number of hydrogen-bond donors (Lipinski definition) is 2. The molecule has 0 amide bonds. The van der Waals surface area contributed by atoms with Crippen LogP contribution in [0.5, 0.6) is 0 Å². The number of aromatic nitrogens is 2. The van der Waals surface area contributed by atoms with Gasteiger partial charge in [0.25, 0.3) is 0 Å². The number of nitrogens with zero attached hydrogens (tertiary/aromatic N) is 1. The summed E-state index contributed by atoms with van der Waals surface area (Å²) in [5.74, 6) is 0. The van der Waals surface area contributed by atoms with Crippen molar-refractivity contribution in [3.63, 3.8) is 0 Å². The second-order valence-electron chi connectivity index (χ2n) is 3.27. The summed E-state index contributed by atoms with van der Waals surface area (Å²) in [6.07, 6.45) is 0.318. The van der Waals surface area contributed by atoms with Crippen molar-refractivity contribution in [1.82, 2.24) is 10.2 Å². The molecule has 0 bridgehead atoms. The van der Waals surface area contributed by atoms with Gasteiger partial charge in [-0.05, 0) is 5.56 Å². The van der Waals surface area contributed by atoms with Gasteiger partial charge in [-0.15, -0.1) is 0 Å². The first-order valence-corrected chi connectivity index (χ1v) is 4.75. The Bertz CT molecular complexity index is 424. The molecule has 0 fully saturated rings. The van der Waals surface area contributed by atoms with E-state index in [1.54, 1.807) is 0 Å². The molecule has 1 aromatic heterocycles. The second-order valence-corrected chi connectivity index (χ2v) is 3.27. The van der Waals surface area contributed by atoms with Gasteiger partial charge in [-0.25, -0.2) is 4.39 Å². The summed E-state index contributed by atoms with van der Waals surface area (Å²) >= 11 is 0. The fourth-order valence-electron chi connectivity index (χ4n) is 1.50. The van der Waals surface area contributed by atoms with Gasteiger partial charge < -0.3 is 5.73 Å². The highest BCUT2D eigenvalue weighted by molar-refractivity contribution is 5.62. The van der Waals surface area contributed by atoms with Gasteiger partial charge in [0.05, 0.1) is 11.9 Å². The van der Waals surface area contributed by atoms with E-state index in [0.29, 0.717) is 11.3 Å². The summed E-state index contributed by atoms with van der Waals surface area (Å²) in [6.45, 7) is -0.0284. The molecule has 3 nitrogen and oxygen atoms in total. The van der Waals surface area contributed by atoms with Crippen molar-refractivity contribution < 1.29 is 4.39 Å². The highest BCUT2D eigenvalue weighted by Crippen LogP contribution is 2.27. The SMILES string of the molecule is NCC(F)c1cn[nH]c1-c1ccccc1.